The van der Waals surface area contributed by atoms with Gasteiger partial charge in [0.05, 0.1) is 6.04 Å². The van der Waals surface area contributed by atoms with Gasteiger partial charge in [-0.15, -0.1) is 0 Å². The van der Waals surface area contributed by atoms with E-state index in [1.165, 1.54) is 0 Å². The number of fused-ring (bicyclic) bond motifs is 1. The Morgan fingerprint density at radius 3 is 2.63 bits per heavy atom. The van der Waals surface area contributed by atoms with Crippen LogP contribution < -0.4 is 0 Å². The van der Waals surface area contributed by atoms with Gasteiger partial charge in [-0.05, 0) is 40.0 Å². The zero-order valence-electron chi connectivity index (χ0n) is 12.1. The Morgan fingerprint density at radius 1 is 1.26 bits per heavy atom. The minimum Gasteiger partial charge on any atom is -0.465 e. The predicted molar refractivity (Wildman–Crippen MR) is 75.0 cm³/mol. The molecule has 2 unspecified atom stereocenters. The molecule has 2 saturated heterocycles. The lowest BCUT2D eigenvalue weighted by Crippen LogP contribution is -2.59. The molecule has 2 heterocycles. The lowest BCUT2D eigenvalue weighted by atomic mass is 9.91. The highest BCUT2D eigenvalue weighted by atomic mass is 16.4. The first kappa shape index (κ1) is 14.2. The van der Waals surface area contributed by atoms with Gasteiger partial charge in [0.15, 0.2) is 0 Å². The average molecular weight is 264 g/mol. The molecule has 0 spiro atoms. The maximum absolute atomic E-state index is 11.0. The van der Waals surface area contributed by atoms with Crippen LogP contribution in [0.3, 0.4) is 0 Å². The minimum atomic E-state index is -0.789. The second-order valence-electron chi connectivity index (χ2n) is 6.59. The third-order valence-corrected chi connectivity index (χ3v) is 3.83. The first-order chi connectivity index (χ1) is 8.87. The number of piperazine rings is 1. The highest BCUT2D eigenvalue weighted by molar-refractivity contribution is 5.65. The van der Waals surface area contributed by atoms with Crippen molar-refractivity contribution in [3.05, 3.63) is 0 Å². The summed E-state index contributed by atoms with van der Waals surface area (Å²) in [5.41, 5.74) is 0.0375. The van der Waals surface area contributed by atoms with Gasteiger partial charge >= 0.3 is 6.09 Å². The van der Waals surface area contributed by atoms with Gasteiger partial charge in [0.1, 0.15) is 0 Å². The molecule has 2 rings (SSSR count). The van der Waals surface area contributed by atoms with Gasteiger partial charge in [0.2, 0.25) is 0 Å². The quantitative estimate of drug-likeness (QED) is 0.682. The largest absolute Gasteiger partial charge is 0.465 e. The number of amides is 1. The number of hydrogen-bond acceptors (Lipinski definition) is 2. The predicted octanol–water partition coefficient (Wildman–Crippen LogP) is 2.25. The van der Waals surface area contributed by atoms with E-state index in [2.05, 4.69) is 37.5 Å². The van der Waals surface area contributed by atoms with E-state index < -0.39 is 6.09 Å². The molecule has 2 atom stereocenters. The Kier molecular flexibility index (Phi) is 4.05. The van der Waals surface area contributed by atoms with E-state index in [0.29, 0.717) is 25.2 Å². The van der Waals surface area contributed by atoms with Crippen molar-refractivity contribution >= 4 is 6.09 Å². The van der Waals surface area contributed by atoms with Crippen LogP contribution in [-0.4, -0.2) is 52.7 Å². The van der Waals surface area contributed by atoms with Crippen molar-refractivity contribution in [1.82, 2.24) is 9.80 Å². The SMILES string of the molecule is CC(C)(C)C#CC1CCCC2CN(C(=O)O)CCN12. The molecular formula is C15H24N2O2. The Balaban J connectivity index is 2.05. The van der Waals surface area contributed by atoms with Crippen LogP contribution in [0.15, 0.2) is 0 Å². The molecule has 4 nitrogen and oxygen atoms in total. The van der Waals surface area contributed by atoms with E-state index >= 15 is 0 Å². The van der Waals surface area contributed by atoms with E-state index in [1.54, 1.807) is 4.90 Å². The third kappa shape index (κ3) is 3.63. The molecule has 2 aliphatic rings. The number of hydrogen-bond donors (Lipinski definition) is 1. The van der Waals surface area contributed by atoms with Crippen molar-refractivity contribution in [1.29, 1.82) is 0 Å². The van der Waals surface area contributed by atoms with E-state index in [1.807, 2.05) is 0 Å². The number of nitrogens with zero attached hydrogens (tertiary/aromatic N) is 2. The van der Waals surface area contributed by atoms with Gasteiger partial charge in [-0.2, -0.15) is 0 Å². The van der Waals surface area contributed by atoms with Crippen molar-refractivity contribution in [2.24, 2.45) is 5.41 Å². The molecular weight excluding hydrogens is 240 g/mol. The summed E-state index contributed by atoms with van der Waals surface area (Å²) in [5, 5.41) is 9.08. The summed E-state index contributed by atoms with van der Waals surface area (Å²) in [6, 6.07) is 0.673. The topological polar surface area (TPSA) is 43.8 Å². The van der Waals surface area contributed by atoms with Gasteiger partial charge in [0.25, 0.3) is 0 Å². The standard InChI is InChI=1S/C15H24N2O2/c1-15(2,3)8-7-12-5-4-6-13-11-16(14(18)19)9-10-17(12)13/h12-13H,4-6,9-11H2,1-3H3,(H,18,19). The van der Waals surface area contributed by atoms with Gasteiger partial charge in [-0.1, -0.05) is 11.8 Å². The van der Waals surface area contributed by atoms with E-state index in [9.17, 15) is 4.79 Å². The highest BCUT2D eigenvalue weighted by Gasteiger charge is 2.35. The summed E-state index contributed by atoms with van der Waals surface area (Å²) in [5.74, 6) is 6.75. The van der Waals surface area contributed by atoms with Crippen molar-refractivity contribution in [2.45, 2.75) is 52.1 Å². The van der Waals surface area contributed by atoms with E-state index in [0.717, 1.165) is 25.8 Å². The van der Waals surface area contributed by atoms with Crippen molar-refractivity contribution in [2.75, 3.05) is 19.6 Å². The molecule has 4 heteroatoms. The number of piperidine rings is 1. The number of carbonyl (C=O) groups is 1. The average Bonchev–Trinajstić information content (AvgIpc) is 2.34. The van der Waals surface area contributed by atoms with Crippen molar-refractivity contribution in [3.8, 4) is 11.8 Å². The van der Waals surface area contributed by atoms with Crippen LogP contribution in [0, 0.1) is 17.3 Å². The van der Waals surface area contributed by atoms with Gasteiger partial charge in [-0.3, -0.25) is 4.90 Å². The van der Waals surface area contributed by atoms with Crippen molar-refractivity contribution in [3.63, 3.8) is 0 Å². The van der Waals surface area contributed by atoms with Gasteiger partial charge in [0, 0.05) is 31.1 Å². The molecule has 0 aromatic heterocycles. The zero-order chi connectivity index (χ0) is 14.0. The Labute approximate surface area is 115 Å². The molecule has 0 bridgehead atoms. The molecule has 106 valence electrons. The summed E-state index contributed by atoms with van der Waals surface area (Å²) in [6.45, 7) is 8.46. The smallest absolute Gasteiger partial charge is 0.407 e. The van der Waals surface area contributed by atoms with Crippen LogP contribution in [0.2, 0.25) is 0 Å². The molecule has 19 heavy (non-hydrogen) atoms. The van der Waals surface area contributed by atoms with Gasteiger partial charge < -0.3 is 10.0 Å². The summed E-state index contributed by atoms with van der Waals surface area (Å²) >= 11 is 0. The molecule has 1 N–H and O–H groups in total. The molecule has 2 aliphatic heterocycles. The second-order valence-corrected chi connectivity index (χ2v) is 6.59. The third-order valence-electron chi connectivity index (χ3n) is 3.83. The Hall–Kier alpha value is -1.21. The van der Waals surface area contributed by atoms with Crippen LogP contribution in [0.25, 0.3) is 0 Å². The number of carboxylic acid groups (broad SMARTS) is 1. The lowest BCUT2D eigenvalue weighted by molar-refractivity contribution is 0.0311. The van der Waals surface area contributed by atoms with Gasteiger partial charge in [-0.25, -0.2) is 4.79 Å². The molecule has 0 radical (unpaired) electrons. The Morgan fingerprint density at radius 2 is 2.00 bits per heavy atom. The second kappa shape index (κ2) is 5.42. The number of rotatable bonds is 0. The van der Waals surface area contributed by atoms with E-state index in [-0.39, 0.29) is 5.41 Å². The summed E-state index contributed by atoms with van der Waals surface area (Å²) < 4.78 is 0. The van der Waals surface area contributed by atoms with Crippen molar-refractivity contribution < 1.29 is 9.90 Å². The summed E-state index contributed by atoms with van der Waals surface area (Å²) in [7, 11) is 0. The first-order valence-corrected chi connectivity index (χ1v) is 7.13. The summed E-state index contributed by atoms with van der Waals surface area (Å²) in [6.07, 6.45) is 2.57. The molecule has 2 fully saturated rings. The molecule has 1 amide bonds. The molecule has 0 aromatic rings. The van der Waals surface area contributed by atoms with Crippen LogP contribution in [0.4, 0.5) is 4.79 Å². The molecule has 0 saturated carbocycles. The van der Waals surface area contributed by atoms with Crippen LogP contribution in [-0.2, 0) is 0 Å². The Bertz CT molecular complexity index is 403. The monoisotopic (exact) mass is 264 g/mol. The van der Waals surface area contributed by atoms with Crippen LogP contribution >= 0.6 is 0 Å². The fourth-order valence-corrected chi connectivity index (χ4v) is 2.88. The fraction of sp³-hybridized carbons (Fsp3) is 0.800. The normalized spacial score (nSPS) is 28.3. The van der Waals surface area contributed by atoms with Crippen LogP contribution in [0.1, 0.15) is 40.0 Å². The lowest BCUT2D eigenvalue weighted by Gasteiger charge is -2.46. The van der Waals surface area contributed by atoms with Crippen LogP contribution in [0.5, 0.6) is 0 Å². The summed E-state index contributed by atoms with van der Waals surface area (Å²) in [4.78, 5) is 15.0. The zero-order valence-corrected chi connectivity index (χ0v) is 12.1. The molecule has 0 aliphatic carbocycles. The highest BCUT2D eigenvalue weighted by Crippen LogP contribution is 2.26. The molecule has 0 aromatic carbocycles. The minimum absolute atomic E-state index is 0.0375. The fourth-order valence-electron chi connectivity index (χ4n) is 2.88. The maximum atomic E-state index is 11.0. The first-order valence-electron chi connectivity index (χ1n) is 7.13. The maximum Gasteiger partial charge on any atom is 0.407 e. The van der Waals surface area contributed by atoms with E-state index in [4.69, 9.17) is 5.11 Å².